The van der Waals surface area contributed by atoms with Crippen molar-refractivity contribution in [2.45, 2.75) is 6.42 Å². The Morgan fingerprint density at radius 3 is 2.38 bits per heavy atom. The van der Waals surface area contributed by atoms with Crippen molar-refractivity contribution in [3.05, 3.63) is 47.7 Å². The van der Waals surface area contributed by atoms with Crippen molar-refractivity contribution in [1.29, 1.82) is 0 Å². The number of carboxylic acids is 1. The van der Waals surface area contributed by atoms with Crippen LogP contribution in [0.2, 0.25) is 0 Å². The highest BCUT2D eigenvalue weighted by Crippen LogP contribution is 2.12. The number of aromatic carboxylic acids is 1. The Labute approximate surface area is 120 Å². The highest BCUT2D eigenvalue weighted by molar-refractivity contribution is 5.91. The van der Waals surface area contributed by atoms with E-state index in [4.69, 9.17) is 9.84 Å². The van der Waals surface area contributed by atoms with E-state index < -0.39 is 5.97 Å². The summed E-state index contributed by atoms with van der Waals surface area (Å²) >= 11 is 0. The van der Waals surface area contributed by atoms with Crippen molar-refractivity contribution in [3.8, 4) is 5.75 Å². The Morgan fingerprint density at radius 1 is 1.14 bits per heavy atom. The van der Waals surface area contributed by atoms with Gasteiger partial charge in [-0.1, -0.05) is 12.1 Å². The number of hydrogen-bond acceptors (Lipinski definition) is 5. The van der Waals surface area contributed by atoms with Crippen LogP contribution in [0.5, 0.6) is 5.75 Å². The van der Waals surface area contributed by atoms with Crippen molar-refractivity contribution in [2.75, 3.05) is 12.4 Å². The van der Waals surface area contributed by atoms with Gasteiger partial charge >= 0.3 is 5.97 Å². The molecule has 1 aromatic heterocycles. The fourth-order valence-corrected chi connectivity index (χ4v) is 1.63. The number of rotatable bonds is 5. The molecule has 7 nitrogen and oxygen atoms in total. The van der Waals surface area contributed by atoms with Crippen molar-refractivity contribution in [1.82, 2.24) is 10.2 Å². The summed E-state index contributed by atoms with van der Waals surface area (Å²) in [6.45, 7) is 0. The second-order valence-electron chi connectivity index (χ2n) is 4.18. The van der Waals surface area contributed by atoms with Crippen LogP contribution in [0.1, 0.15) is 16.1 Å². The van der Waals surface area contributed by atoms with Gasteiger partial charge in [0.15, 0.2) is 11.5 Å². The lowest BCUT2D eigenvalue weighted by atomic mass is 10.1. The number of aromatic nitrogens is 2. The van der Waals surface area contributed by atoms with E-state index in [-0.39, 0.29) is 23.8 Å². The monoisotopic (exact) mass is 287 g/mol. The molecule has 108 valence electrons. The molecule has 0 aliphatic rings. The average molecular weight is 287 g/mol. The van der Waals surface area contributed by atoms with Crippen LogP contribution in [0, 0.1) is 0 Å². The third kappa shape index (κ3) is 4.00. The first-order valence-corrected chi connectivity index (χ1v) is 6.08. The van der Waals surface area contributed by atoms with Gasteiger partial charge in [-0.05, 0) is 29.8 Å². The zero-order valence-electron chi connectivity index (χ0n) is 11.2. The van der Waals surface area contributed by atoms with E-state index in [0.29, 0.717) is 5.75 Å². The third-order valence-electron chi connectivity index (χ3n) is 2.67. The summed E-state index contributed by atoms with van der Waals surface area (Å²) in [5.41, 5.74) is 0.645. The maximum Gasteiger partial charge on any atom is 0.356 e. The molecule has 0 aliphatic heterocycles. The number of nitrogens with zero attached hydrogens (tertiary/aromatic N) is 2. The second-order valence-corrected chi connectivity index (χ2v) is 4.18. The molecule has 0 bridgehead atoms. The molecule has 7 heteroatoms. The Kier molecular flexibility index (Phi) is 4.45. The standard InChI is InChI=1S/C14H13N3O4/c1-21-10-4-2-9(3-5-10)8-13(18)15-12-7-6-11(14(19)20)16-17-12/h2-7H,8H2,1H3,(H,19,20)(H,15,17,18). The molecule has 21 heavy (non-hydrogen) atoms. The van der Waals surface area contributed by atoms with Gasteiger partial charge in [-0.2, -0.15) is 0 Å². The number of nitrogens with one attached hydrogen (secondary N) is 1. The summed E-state index contributed by atoms with van der Waals surface area (Å²) in [6, 6.07) is 9.78. The molecule has 2 N–H and O–H groups in total. The molecule has 0 aliphatic carbocycles. The van der Waals surface area contributed by atoms with Crippen molar-refractivity contribution in [3.63, 3.8) is 0 Å². The summed E-state index contributed by atoms with van der Waals surface area (Å²) in [5.74, 6) is -0.510. The van der Waals surface area contributed by atoms with E-state index in [0.717, 1.165) is 5.56 Å². The lowest BCUT2D eigenvalue weighted by Gasteiger charge is -2.05. The van der Waals surface area contributed by atoms with Gasteiger partial charge in [-0.25, -0.2) is 4.79 Å². The van der Waals surface area contributed by atoms with Crippen LogP contribution in [0.4, 0.5) is 5.82 Å². The third-order valence-corrected chi connectivity index (χ3v) is 2.67. The SMILES string of the molecule is COc1ccc(CC(=O)Nc2ccc(C(=O)O)nn2)cc1. The van der Waals surface area contributed by atoms with Crippen molar-refractivity contribution in [2.24, 2.45) is 0 Å². The van der Waals surface area contributed by atoms with Crippen LogP contribution in [0.25, 0.3) is 0 Å². The van der Waals surface area contributed by atoms with Crippen LogP contribution in [0.3, 0.4) is 0 Å². The van der Waals surface area contributed by atoms with E-state index in [1.807, 2.05) is 0 Å². The number of anilines is 1. The molecule has 1 aromatic carbocycles. The molecule has 0 radical (unpaired) electrons. The molecular weight excluding hydrogens is 274 g/mol. The number of hydrogen-bond donors (Lipinski definition) is 2. The van der Waals surface area contributed by atoms with E-state index >= 15 is 0 Å². The highest BCUT2D eigenvalue weighted by atomic mass is 16.5. The molecule has 0 saturated carbocycles. The molecule has 2 aromatic rings. The fraction of sp³-hybridized carbons (Fsp3) is 0.143. The zero-order valence-corrected chi connectivity index (χ0v) is 11.2. The number of methoxy groups -OCH3 is 1. The zero-order chi connectivity index (χ0) is 15.2. The fourth-order valence-electron chi connectivity index (χ4n) is 1.63. The Morgan fingerprint density at radius 2 is 1.86 bits per heavy atom. The average Bonchev–Trinajstić information content (AvgIpc) is 2.48. The molecule has 1 heterocycles. The number of benzene rings is 1. The Bertz CT molecular complexity index is 638. The van der Waals surface area contributed by atoms with Crippen LogP contribution in [-0.4, -0.2) is 34.3 Å². The molecule has 0 fully saturated rings. The predicted molar refractivity (Wildman–Crippen MR) is 74.3 cm³/mol. The number of amides is 1. The summed E-state index contributed by atoms with van der Waals surface area (Å²) in [6.07, 6.45) is 0.173. The van der Waals surface area contributed by atoms with Gasteiger partial charge in [0.05, 0.1) is 13.5 Å². The summed E-state index contributed by atoms with van der Waals surface area (Å²) < 4.78 is 5.03. The maximum absolute atomic E-state index is 11.8. The Balaban J connectivity index is 1.95. The molecule has 1 amide bonds. The lowest BCUT2D eigenvalue weighted by molar-refractivity contribution is -0.115. The highest BCUT2D eigenvalue weighted by Gasteiger charge is 2.08. The van der Waals surface area contributed by atoms with E-state index in [1.54, 1.807) is 31.4 Å². The van der Waals surface area contributed by atoms with Gasteiger partial charge in [0.1, 0.15) is 5.75 Å². The lowest BCUT2D eigenvalue weighted by Crippen LogP contribution is -2.16. The number of ether oxygens (including phenoxy) is 1. The smallest absolute Gasteiger partial charge is 0.356 e. The topological polar surface area (TPSA) is 101 Å². The Hall–Kier alpha value is -2.96. The van der Waals surface area contributed by atoms with Gasteiger partial charge in [0, 0.05) is 0 Å². The maximum atomic E-state index is 11.8. The van der Waals surface area contributed by atoms with Gasteiger partial charge in [0.2, 0.25) is 5.91 Å². The minimum Gasteiger partial charge on any atom is -0.497 e. The van der Waals surface area contributed by atoms with E-state index in [1.165, 1.54) is 12.1 Å². The van der Waals surface area contributed by atoms with E-state index in [2.05, 4.69) is 15.5 Å². The largest absolute Gasteiger partial charge is 0.497 e. The number of carboxylic acid groups (broad SMARTS) is 1. The molecule has 0 spiro atoms. The van der Waals surface area contributed by atoms with E-state index in [9.17, 15) is 9.59 Å². The normalized spacial score (nSPS) is 9.95. The summed E-state index contributed by atoms with van der Waals surface area (Å²) in [4.78, 5) is 22.5. The van der Waals surface area contributed by atoms with Crippen LogP contribution in [0.15, 0.2) is 36.4 Å². The summed E-state index contributed by atoms with van der Waals surface area (Å²) in [7, 11) is 1.57. The second kappa shape index (κ2) is 6.47. The summed E-state index contributed by atoms with van der Waals surface area (Å²) in [5, 5.41) is 18.3. The van der Waals surface area contributed by atoms with Gasteiger partial charge in [-0.15, -0.1) is 10.2 Å². The first-order valence-electron chi connectivity index (χ1n) is 6.08. The van der Waals surface area contributed by atoms with Gasteiger partial charge in [-0.3, -0.25) is 4.79 Å². The molecule has 0 atom stereocenters. The van der Waals surface area contributed by atoms with Crippen molar-refractivity contribution < 1.29 is 19.4 Å². The molecule has 2 rings (SSSR count). The quantitative estimate of drug-likeness (QED) is 0.861. The number of carbonyl (C=O) groups excluding carboxylic acids is 1. The van der Waals surface area contributed by atoms with Gasteiger partial charge in [0.25, 0.3) is 0 Å². The van der Waals surface area contributed by atoms with Crippen LogP contribution < -0.4 is 10.1 Å². The molecule has 0 unspecified atom stereocenters. The van der Waals surface area contributed by atoms with Crippen molar-refractivity contribution >= 4 is 17.7 Å². The minimum absolute atomic E-state index is 0.173. The molecular formula is C14H13N3O4. The van der Waals surface area contributed by atoms with Crippen LogP contribution >= 0.6 is 0 Å². The van der Waals surface area contributed by atoms with Crippen LogP contribution in [-0.2, 0) is 11.2 Å². The minimum atomic E-state index is -1.17. The first kappa shape index (κ1) is 14.4. The first-order chi connectivity index (χ1) is 10.1. The van der Waals surface area contributed by atoms with Gasteiger partial charge < -0.3 is 15.2 Å². The number of carbonyl (C=O) groups is 2. The predicted octanol–water partition coefficient (Wildman–Crippen LogP) is 1.36. The molecule has 0 saturated heterocycles.